The Bertz CT molecular complexity index is 219. The maximum atomic E-state index is 10.9. The van der Waals surface area contributed by atoms with Crippen molar-refractivity contribution in [2.45, 2.75) is 6.92 Å². The molecule has 0 amide bonds. The number of hydrogen-bond acceptors (Lipinski definition) is 1. The smallest absolute Gasteiger partial charge is 0.180 e. The molecule has 11 heavy (non-hydrogen) atoms. The Morgan fingerprint density at radius 2 is 1.91 bits per heavy atom. The summed E-state index contributed by atoms with van der Waals surface area (Å²) in [6.07, 6.45) is 8.21. The van der Waals surface area contributed by atoms with Crippen molar-refractivity contribution < 1.29 is 4.79 Å². The Kier molecular flexibility index (Phi) is 4.74. The van der Waals surface area contributed by atoms with Crippen LogP contribution in [0.3, 0.4) is 0 Å². The summed E-state index contributed by atoms with van der Waals surface area (Å²) in [7, 11) is 0. The zero-order chi connectivity index (χ0) is 8.69. The summed E-state index contributed by atoms with van der Waals surface area (Å²) in [4.78, 5) is 10.9. The van der Waals surface area contributed by atoms with E-state index >= 15 is 0 Å². The van der Waals surface area contributed by atoms with Crippen LogP contribution in [0.2, 0.25) is 0 Å². The highest BCUT2D eigenvalue weighted by molar-refractivity contribution is 6.03. The molecule has 0 saturated carbocycles. The Labute approximate surface area is 67.4 Å². The van der Waals surface area contributed by atoms with Gasteiger partial charge in [0, 0.05) is 0 Å². The average Bonchev–Trinajstić information content (AvgIpc) is 2.03. The Morgan fingerprint density at radius 3 is 2.36 bits per heavy atom. The molecule has 0 N–H and O–H groups in total. The Morgan fingerprint density at radius 1 is 1.27 bits per heavy atom. The van der Waals surface area contributed by atoms with Crippen molar-refractivity contribution in [1.82, 2.24) is 0 Å². The minimum Gasteiger partial charge on any atom is -0.290 e. The van der Waals surface area contributed by atoms with Crippen LogP contribution in [0.1, 0.15) is 6.92 Å². The highest BCUT2D eigenvalue weighted by Crippen LogP contribution is 1.95. The summed E-state index contributed by atoms with van der Waals surface area (Å²) < 4.78 is 0. The first-order chi connectivity index (χ1) is 5.22. The Hall–Kier alpha value is -1.37. The Balaban J connectivity index is 4.21. The molecule has 0 aliphatic carbocycles. The largest absolute Gasteiger partial charge is 0.290 e. The lowest BCUT2D eigenvalue weighted by atomic mass is 10.2. The van der Waals surface area contributed by atoms with Gasteiger partial charge >= 0.3 is 0 Å². The fraction of sp³-hybridized carbons (Fsp3) is 0.100. The number of carbonyl (C=O) groups is 1. The van der Waals surface area contributed by atoms with Crippen molar-refractivity contribution in [1.29, 1.82) is 0 Å². The molecule has 0 bridgehead atoms. The average molecular weight is 148 g/mol. The van der Waals surface area contributed by atoms with E-state index in [0.29, 0.717) is 5.57 Å². The van der Waals surface area contributed by atoms with Gasteiger partial charge in [0.15, 0.2) is 5.78 Å². The third-order valence-electron chi connectivity index (χ3n) is 1.17. The molecular weight excluding hydrogens is 136 g/mol. The van der Waals surface area contributed by atoms with Gasteiger partial charge in [-0.15, -0.1) is 0 Å². The molecule has 1 heteroatoms. The maximum Gasteiger partial charge on any atom is 0.180 e. The molecule has 0 aromatic rings. The van der Waals surface area contributed by atoms with Gasteiger partial charge in [0.25, 0.3) is 0 Å². The van der Waals surface area contributed by atoms with Gasteiger partial charge in [-0.2, -0.15) is 0 Å². The van der Waals surface area contributed by atoms with E-state index in [1.807, 2.05) is 0 Å². The second kappa shape index (κ2) is 5.42. The van der Waals surface area contributed by atoms with Crippen LogP contribution >= 0.6 is 0 Å². The second-order valence-electron chi connectivity index (χ2n) is 2.04. The molecule has 0 radical (unpaired) electrons. The second-order valence-corrected chi connectivity index (χ2v) is 2.04. The molecule has 0 spiro atoms. The predicted molar refractivity (Wildman–Crippen MR) is 48.3 cm³/mol. The minimum atomic E-state index is -0.0429. The van der Waals surface area contributed by atoms with Gasteiger partial charge in [0.2, 0.25) is 0 Å². The number of ketones is 1. The highest BCUT2D eigenvalue weighted by Gasteiger charge is 1.94. The monoisotopic (exact) mass is 148 g/mol. The minimum absolute atomic E-state index is 0.0429. The van der Waals surface area contributed by atoms with E-state index in [4.69, 9.17) is 0 Å². The summed E-state index contributed by atoms with van der Waals surface area (Å²) in [5.74, 6) is -0.0429. The van der Waals surface area contributed by atoms with Gasteiger partial charge in [-0.3, -0.25) is 4.79 Å². The third kappa shape index (κ3) is 4.09. The van der Waals surface area contributed by atoms with Gasteiger partial charge in [-0.1, -0.05) is 37.5 Å². The van der Waals surface area contributed by atoms with E-state index in [1.165, 1.54) is 6.08 Å². The maximum absolute atomic E-state index is 10.9. The standard InChI is InChI=1S/C10H12O/c1-4-6-7-8-9(3)10(11)5-2/h4-8H,1-2H2,3H3. The molecule has 58 valence electrons. The van der Waals surface area contributed by atoms with Gasteiger partial charge in [-0.25, -0.2) is 0 Å². The van der Waals surface area contributed by atoms with E-state index < -0.39 is 0 Å². The molecule has 0 aliphatic rings. The molecule has 0 aromatic carbocycles. The summed E-state index contributed by atoms with van der Waals surface area (Å²) in [6.45, 7) is 8.62. The van der Waals surface area contributed by atoms with Crippen LogP contribution in [0.25, 0.3) is 0 Å². The lowest BCUT2D eigenvalue weighted by molar-refractivity contribution is -0.111. The molecule has 0 rings (SSSR count). The van der Waals surface area contributed by atoms with E-state index in [1.54, 1.807) is 31.2 Å². The van der Waals surface area contributed by atoms with Crippen LogP contribution in [0, 0.1) is 0 Å². The van der Waals surface area contributed by atoms with Crippen molar-refractivity contribution in [3.63, 3.8) is 0 Å². The first kappa shape index (κ1) is 9.63. The van der Waals surface area contributed by atoms with E-state index in [0.717, 1.165) is 0 Å². The molecule has 0 aliphatic heterocycles. The number of carbonyl (C=O) groups excluding carboxylic acids is 1. The molecular formula is C10H12O. The topological polar surface area (TPSA) is 17.1 Å². The lowest BCUT2D eigenvalue weighted by Crippen LogP contribution is -1.91. The lowest BCUT2D eigenvalue weighted by Gasteiger charge is -1.88. The van der Waals surface area contributed by atoms with Gasteiger partial charge in [-0.05, 0) is 18.6 Å². The number of rotatable bonds is 4. The van der Waals surface area contributed by atoms with Crippen molar-refractivity contribution in [3.8, 4) is 0 Å². The number of allylic oxidation sites excluding steroid dienone is 6. The molecule has 0 atom stereocenters. The van der Waals surface area contributed by atoms with E-state index in [-0.39, 0.29) is 5.78 Å². The van der Waals surface area contributed by atoms with Crippen LogP contribution < -0.4 is 0 Å². The fourth-order valence-corrected chi connectivity index (χ4v) is 0.522. The zero-order valence-corrected chi connectivity index (χ0v) is 6.71. The SMILES string of the molecule is C=CC=CC=C(C)C(=O)C=C. The van der Waals surface area contributed by atoms with Gasteiger partial charge < -0.3 is 0 Å². The molecule has 0 fully saturated rings. The van der Waals surface area contributed by atoms with Crippen LogP contribution in [-0.4, -0.2) is 5.78 Å². The van der Waals surface area contributed by atoms with Crippen LogP contribution in [0.15, 0.2) is 49.1 Å². The molecule has 0 aromatic heterocycles. The van der Waals surface area contributed by atoms with Crippen molar-refractivity contribution in [2.75, 3.05) is 0 Å². The summed E-state index contributed by atoms with van der Waals surface area (Å²) >= 11 is 0. The van der Waals surface area contributed by atoms with E-state index in [9.17, 15) is 4.79 Å². The third-order valence-corrected chi connectivity index (χ3v) is 1.17. The fourth-order valence-electron chi connectivity index (χ4n) is 0.522. The summed E-state index contributed by atoms with van der Waals surface area (Å²) in [6, 6.07) is 0. The van der Waals surface area contributed by atoms with Gasteiger partial charge in [0.1, 0.15) is 0 Å². The normalized spacial score (nSPS) is 11.5. The van der Waals surface area contributed by atoms with Crippen molar-refractivity contribution in [3.05, 3.63) is 49.1 Å². The zero-order valence-electron chi connectivity index (χ0n) is 6.71. The van der Waals surface area contributed by atoms with Gasteiger partial charge in [0.05, 0.1) is 0 Å². The molecule has 0 saturated heterocycles. The first-order valence-electron chi connectivity index (χ1n) is 3.35. The summed E-state index contributed by atoms with van der Waals surface area (Å²) in [5, 5.41) is 0. The van der Waals surface area contributed by atoms with E-state index in [2.05, 4.69) is 13.2 Å². The molecule has 0 unspecified atom stereocenters. The quantitative estimate of drug-likeness (QED) is 0.442. The number of hydrogen-bond donors (Lipinski definition) is 0. The van der Waals surface area contributed by atoms with Crippen LogP contribution in [-0.2, 0) is 4.79 Å². The predicted octanol–water partition coefficient (Wildman–Crippen LogP) is 2.43. The molecule has 1 nitrogen and oxygen atoms in total. The van der Waals surface area contributed by atoms with Crippen molar-refractivity contribution >= 4 is 5.78 Å². The van der Waals surface area contributed by atoms with Crippen LogP contribution in [0.5, 0.6) is 0 Å². The highest BCUT2D eigenvalue weighted by atomic mass is 16.1. The van der Waals surface area contributed by atoms with Crippen molar-refractivity contribution in [2.24, 2.45) is 0 Å². The first-order valence-corrected chi connectivity index (χ1v) is 3.35. The van der Waals surface area contributed by atoms with Crippen LogP contribution in [0.4, 0.5) is 0 Å². The summed E-state index contributed by atoms with van der Waals surface area (Å²) in [5.41, 5.74) is 0.679. The molecule has 0 heterocycles.